The summed E-state index contributed by atoms with van der Waals surface area (Å²) >= 11 is 0. The van der Waals surface area contributed by atoms with Crippen LogP contribution in [0.5, 0.6) is 5.75 Å². The van der Waals surface area contributed by atoms with E-state index < -0.39 is 9.84 Å². The van der Waals surface area contributed by atoms with Crippen molar-refractivity contribution in [3.05, 3.63) is 48.4 Å². The summed E-state index contributed by atoms with van der Waals surface area (Å²) in [5.74, 6) is 2.39. The molecule has 168 valence electrons. The molecular formula is C24H30FNO4S. The number of pyridine rings is 1. The minimum Gasteiger partial charge on any atom is -0.493 e. The summed E-state index contributed by atoms with van der Waals surface area (Å²) in [7, 11) is -2.99. The largest absolute Gasteiger partial charge is 0.493 e. The van der Waals surface area contributed by atoms with Crippen LogP contribution >= 0.6 is 0 Å². The van der Waals surface area contributed by atoms with Crippen LogP contribution in [0.2, 0.25) is 0 Å². The number of halogens is 1. The lowest BCUT2D eigenvalue weighted by Gasteiger charge is -2.31. The van der Waals surface area contributed by atoms with Gasteiger partial charge in [0.15, 0.2) is 9.84 Å². The Bertz CT molecular complexity index is 962. The number of nitrogens with zero attached hydrogens (tertiary/aromatic N) is 1. The van der Waals surface area contributed by atoms with Gasteiger partial charge in [0.05, 0.1) is 36.6 Å². The van der Waals surface area contributed by atoms with Crippen LogP contribution in [0.25, 0.3) is 11.3 Å². The molecule has 2 aromatic rings. The highest BCUT2D eigenvalue weighted by Gasteiger charge is 2.37. The maximum Gasteiger partial charge on any atom is 0.150 e. The Morgan fingerprint density at radius 2 is 1.90 bits per heavy atom. The van der Waals surface area contributed by atoms with Crippen molar-refractivity contribution >= 4 is 9.84 Å². The third kappa shape index (κ3) is 6.26. The fourth-order valence-electron chi connectivity index (χ4n) is 4.25. The Hall–Kier alpha value is -1.99. The summed E-state index contributed by atoms with van der Waals surface area (Å²) in [6, 6.07) is 10.6. The maximum absolute atomic E-state index is 13.0. The molecule has 31 heavy (non-hydrogen) atoms. The third-order valence-corrected chi connectivity index (χ3v) is 8.31. The number of sulfone groups is 1. The van der Waals surface area contributed by atoms with Crippen molar-refractivity contribution < 1.29 is 22.3 Å². The first-order valence-corrected chi connectivity index (χ1v) is 12.8. The van der Waals surface area contributed by atoms with Crippen molar-refractivity contribution in [3.63, 3.8) is 0 Å². The number of ether oxygens (including phenoxy) is 2. The number of benzene rings is 1. The molecule has 1 aliphatic heterocycles. The SMILES string of the molecule is CC1CC1CS(=O)(=O)CCC1CCOCC1COc1ccc(-c2ccc(F)cn2)cc1. The fraction of sp³-hybridized carbons (Fsp3) is 0.542. The standard InChI is InChI=1S/C24H30FNO4S/c1-17-12-20(17)16-31(27,28)11-9-18-8-10-29-14-21(18)15-30-23-5-2-19(3-6-23)24-7-4-22(25)13-26-24/h2-7,13,17-18,20-21H,8-12,14-16H2,1H3. The van der Waals surface area contributed by atoms with Gasteiger partial charge in [-0.05, 0) is 73.4 Å². The highest BCUT2D eigenvalue weighted by Crippen LogP contribution is 2.39. The number of hydrogen-bond acceptors (Lipinski definition) is 5. The van der Waals surface area contributed by atoms with Crippen molar-refractivity contribution in [2.24, 2.45) is 23.7 Å². The molecule has 4 rings (SSSR count). The zero-order valence-corrected chi connectivity index (χ0v) is 18.7. The lowest BCUT2D eigenvalue weighted by Crippen LogP contribution is -2.33. The second kappa shape index (κ2) is 9.65. The summed E-state index contributed by atoms with van der Waals surface area (Å²) in [6.45, 7) is 3.90. The van der Waals surface area contributed by atoms with E-state index in [9.17, 15) is 12.8 Å². The van der Waals surface area contributed by atoms with E-state index in [1.165, 1.54) is 12.3 Å². The second-order valence-corrected chi connectivity index (χ2v) is 11.2. The zero-order chi connectivity index (χ0) is 21.8. The van der Waals surface area contributed by atoms with Gasteiger partial charge in [0.2, 0.25) is 0 Å². The van der Waals surface area contributed by atoms with Gasteiger partial charge in [-0.25, -0.2) is 12.8 Å². The zero-order valence-electron chi connectivity index (χ0n) is 17.9. The molecule has 1 saturated heterocycles. The summed E-state index contributed by atoms with van der Waals surface area (Å²) < 4.78 is 49.5. The molecule has 2 aliphatic rings. The predicted molar refractivity (Wildman–Crippen MR) is 118 cm³/mol. The first-order chi connectivity index (χ1) is 14.9. The molecule has 4 atom stereocenters. The molecule has 0 radical (unpaired) electrons. The van der Waals surface area contributed by atoms with Crippen LogP contribution in [0.15, 0.2) is 42.6 Å². The van der Waals surface area contributed by atoms with Crippen molar-refractivity contribution in [1.82, 2.24) is 4.98 Å². The maximum atomic E-state index is 13.0. The molecule has 2 heterocycles. The predicted octanol–water partition coefficient (Wildman–Crippen LogP) is 4.38. The van der Waals surface area contributed by atoms with Gasteiger partial charge in [-0.15, -0.1) is 0 Å². The molecule has 2 fully saturated rings. The second-order valence-electron chi connectivity index (χ2n) is 8.96. The highest BCUT2D eigenvalue weighted by atomic mass is 32.2. The summed E-state index contributed by atoms with van der Waals surface area (Å²) in [4.78, 5) is 4.09. The molecule has 1 aliphatic carbocycles. The Balaban J connectivity index is 1.29. The lowest BCUT2D eigenvalue weighted by molar-refractivity contribution is -0.00317. The van der Waals surface area contributed by atoms with Gasteiger partial charge in [-0.2, -0.15) is 0 Å². The molecule has 4 unspecified atom stereocenters. The van der Waals surface area contributed by atoms with E-state index in [2.05, 4.69) is 11.9 Å². The van der Waals surface area contributed by atoms with Crippen molar-refractivity contribution in [1.29, 1.82) is 0 Å². The number of hydrogen-bond donors (Lipinski definition) is 0. The molecular weight excluding hydrogens is 417 g/mol. The summed E-state index contributed by atoms with van der Waals surface area (Å²) in [5.41, 5.74) is 1.59. The number of rotatable bonds is 9. The Morgan fingerprint density at radius 3 is 2.58 bits per heavy atom. The molecule has 1 aromatic heterocycles. The third-order valence-electron chi connectivity index (χ3n) is 6.52. The first kappa shape index (κ1) is 22.2. The lowest BCUT2D eigenvalue weighted by atomic mass is 9.87. The minimum atomic E-state index is -2.99. The van der Waals surface area contributed by atoms with E-state index in [1.807, 2.05) is 24.3 Å². The van der Waals surface area contributed by atoms with E-state index in [1.54, 1.807) is 6.07 Å². The van der Waals surface area contributed by atoms with E-state index in [0.717, 1.165) is 24.2 Å². The highest BCUT2D eigenvalue weighted by molar-refractivity contribution is 7.91. The van der Waals surface area contributed by atoms with E-state index >= 15 is 0 Å². The summed E-state index contributed by atoms with van der Waals surface area (Å²) in [5, 5.41) is 0. The Labute approximate surface area is 183 Å². The average Bonchev–Trinajstić information content (AvgIpc) is 3.45. The molecule has 0 spiro atoms. The van der Waals surface area contributed by atoms with E-state index in [4.69, 9.17) is 9.47 Å². The normalized spacial score (nSPS) is 25.9. The van der Waals surface area contributed by atoms with Gasteiger partial charge in [0.25, 0.3) is 0 Å². The number of aromatic nitrogens is 1. The van der Waals surface area contributed by atoms with Gasteiger partial charge in [-0.3, -0.25) is 4.98 Å². The van der Waals surface area contributed by atoms with Crippen LogP contribution < -0.4 is 4.74 Å². The van der Waals surface area contributed by atoms with Crippen molar-refractivity contribution in [2.75, 3.05) is 31.3 Å². The van der Waals surface area contributed by atoms with Crippen LogP contribution in [0.1, 0.15) is 26.2 Å². The monoisotopic (exact) mass is 447 g/mol. The topological polar surface area (TPSA) is 65.5 Å². The van der Waals surface area contributed by atoms with Gasteiger partial charge in [0, 0.05) is 18.1 Å². The Kier molecular flexibility index (Phi) is 6.92. The quantitative estimate of drug-likeness (QED) is 0.571. The smallest absolute Gasteiger partial charge is 0.150 e. The summed E-state index contributed by atoms with van der Waals surface area (Å²) in [6.07, 6.45) is 3.80. The van der Waals surface area contributed by atoms with Gasteiger partial charge in [0.1, 0.15) is 11.6 Å². The van der Waals surface area contributed by atoms with Gasteiger partial charge < -0.3 is 9.47 Å². The minimum absolute atomic E-state index is 0.183. The van der Waals surface area contributed by atoms with Gasteiger partial charge >= 0.3 is 0 Å². The molecule has 1 saturated carbocycles. The van der Waals surface area contributed by atoms with E-state index in [-0.39, 0.29) is 17.5 Å². The molecule has 1 aromatic carbocycles. The molecule has 7 heteroatoms. The average molecular weight is 448 g/mol. The van der Waals surface area contributed by atoms with Crippen LogP contribution in [0.3, 0.4) is 0 Å². The molecule has 0 N–H and O–H groups in total. The molecule has 5 nitrogen and oxygen atoms in total. The van der Waals surface area contributed by atoms with E-state index in [0.29, 0.717) is 55.4 Å². The molecule has 0 bridgehead atoms. The van der Waals surface area contributed by atoms with Crippen molar-refractivity contribution in [3.8, 4) is 17.0 Å². The van der Waals surface area contributed by atoms with Crippen molar-refractivity contribution in [2.45, 2.75) is 26.2 Å². The Morgan fingerprint density at radius 1 is 1.13 bits per heavy atom. The van der Waals surface area contributed by atoms with Crippen LogP contribution in [0.4, 0.5) is 4.39 Å². The fourth-order valence-corrected chi connectivity index (χ4v) is 6.19. The van der Waals surface area contributed by atoms with Crippen LogP contribution in [-0.2, 0) is 14.6 Å². The first-order valence-electron chi connectivity index (χ1n) is 11.0. The van der Waals surface area contributed by atoms with Gasteiger partial charge in [-0.1, -0.05) is 6.92 Å². The van der Waals surface area contributed by atoms with Crippen LogP contribution in [-0.4, -0.2) is 44.7 Å². The van der Waals surface area contributed by atoms with Crippen LogP contribution in [0, 0.1) is 29.5 Å². The molecule has 0 amide bonds.